The van der Waals surface area contributed by atoms with Crippen molar-refractivity contribution in [3.05, 3.63) is 0 Å². The molecule has 0 aliphatic rings. The predicted octanol–water partition coefficient (Wildman–Crippen LogP) is 3.14. The van der Waals surface area contributed by atoms with Crippen LogP contribution in [-0.2, 0) is 10.1 Å². The van der Waals surface area contributed by atoms with Crippen LogP contribution in [0.1, 0.15) is 110 Å². The molecule has 0 aromatic rings. The zero-order valence-corrected chi connectivity index (χ0v) is 18.5. The molecule has 0 rings (SSSR count). The monoisotopic (exact) mass is 357 g/mol. The molecule has 134 valence electrons. The Balaban J connectivity index is 0. The van der Waals surface area contributed by atoms with Gasteiger partial charge < -0.3 is 0 Å². The number of hydrogen-bond donors (Lipinski definition) is 1. The van der Waals surface area contributed by atoms with Crippen molar-refractivity contribution in [1.82, 2.24) is 0 Å². The van der Waals surface area contributed by atoms with Crippen molar-refractivity contribution in [2.45, 2.75) is 110 Å². The maximum atomic E-state index is 10.5. The van der Waals surface area contributed by atoms with Gasteiger partial charge in [0.25, 0.3) is 10.1 Å². The molecule has 5 heteroatoms. The van der Waals surface area contributed by atoms with E-state index in [2.05, 4.69) is 6.92 Å². The van der Waals surface area contributed by atoms with E-state index in [1.54, 1.807) is 0 Å². The van der Waals surface area contributed by atoms with E-state index in [4.69, 9.17) is 4.55 Å². The van der Waals surface area contributed by atoms with Crippen molar-refractivity contribution in [2.24, 2.45) is 0 Å². The van der Waals surface area contributed by atoms with Crippen LogP contribution in [0, 0.1) is 0 Å². The summed E-state index contributed by atoms with van der Waals surface area (Å²) in [6, 6.07) is 0. The van der Waals surface area contributed by atoms with Gasteiger partial charge in [-0.05, 0) is 6.42 Å². The molecule has 0 amide bonds. The molecule has 0 radical (unpaired) electrons. The summed E-state index contributed by atoms with van der Waals surface area (Å²) < 4.78 is 29.7. The Morgan fingerprint density at radius 2 is 0.826 bits per heavy atom. The first kappa shape index (κ1) is 26.1. The molecule has 0 saturated carbocycles. The van der Waals surface area contributed by atoms with E-state index in [0.29, 0.717) is 6.42 Å². The predicted molar refractivity (Wildman–Crippen MR) is 96.0 cm³/mol. The van der Waals surface area contributed by atoms with Gasteiger partial charge in [0.1, 0.15) is 0 Å². The van der Waals surface area contributed by atoms with E-state index in [0.717, 1.165) is 12.8 Å². The standard InChI is InChI=1S/C18H38O3S.Na/c1-2-3-4-5-6-7-8-9-10-11-12-13-14-15-16-17-18-22(19,20)21;/h2-18H2,1H3,(H,19,20,21);/q;+1. The number of hydrogen-bond acceptors (Lipinski definition) is 2. The Kier molecular flexibility index (Phi) is 21.9. The molecule has 0 aliphatic carbocycles. The minimum atomic E-state index is -3.74. The first-order valence-electron chi connectivity index (χ1n) is 9.51. The van der Waals surface area contributed by atoms with Gasteiger partial charge in [0, 0.05) is 0 Å². The maximum Gasteiger partial charge on any atom is 1.00 e. The van der Waals surface area contributed by atoms with E-state index in [9.17, 15) is 8.42 Å². The van der Waals surface area contributed by atoms with Gasteiger partial charge in [-0.1, -0.05) is 103 Å². The minimum absolute atomic E-state index is 0. The Labute approximate surface area is 167 Å². The third-order valence-electron chi connectivity index (χ3n) is 4.26. The molecule has 0 atom stereocenters. The van der Waals surface area contributed by atoms with Crippen molar-refractivity contribution in [3.63, 3.8) is 0 Å². The third kappa shape index (κ3) is 25.3. The molecule has 0 spiro atoms. The summed E-state index contributed by atoms with van der Waals surface area (Å²) in [5.41, 5.74) is 0. The van der Waals surface area contributed by atoms with Crippen molar-refractivity contribution in [2.75, 3.05) is 5.75 Å². The average Bonchev–Trinajstić information content (AvgIpc) is 2.45. The van der Waals surface area contributed by atoms with Gasteiger partial charge in [-0.3, -0.25) is 4.55 Å². The fourth-order valence-electron chi connectivity index (χ4n) is 2.83. The van der Waals surface area contributed by atoms with Crippen molar-refractivity contribution >= 4 is 10.1 Å². The van der Waals surface area contributed by atoms with Gasteiger partial charge in [-0.15, -0.1) is 0 Å². The quantitative estimate of drug-likeness (QED) is 0.247. The molecule has 0 bridgehead atoms. The first-order chi connectivity index (χ1) is 10.6. The topological polar surface area (TPSA) is 54.4 Å². The van der Waals surface area contributed by atoms with Gasteiger partial charge >= 0.3 is 29.6 Å². The van der Waals surface area contributed by atoms with Crippen LogP contribution in [0.15, 0.2) is 0 Å². The Hall–Kier alpha value is 0.910. The van der Waals surface area contributed by atoms with Crippen molar-refractivity contribution in [3.8, 4) is 0 Å². The van der Waals surface area contributed by atoms with Crippen LogP contribution in [0.2, 0.25) is 0 Å². The second-order valence-corrected chi connectivity index (χ2v) is 8.16. The normalized spacial score (nSPS) is 11.4. The van der Waals surface area contributed by atoms with Crippen molar-refractivity contribution < 1.29 is 42.5 Å². The Morgan fingerprint density at radius 3 is 1.09 bits per heavy atom. The molecule has 0 heterocycles. The SMILES string of the molecule is CCCCCCCCCCCCCCCCCCS(=O)(=O)O.[Na+]. The molecule has 3 nitrogen and oxygen atoms in total. The van der Waals surface area contributed by atoms with Crippen LogP contribution in [0.25, 0.3) is 0 Å². The largest absolute Gasteiger partial charge is 1.00 e. The van der Waals surface area contributed by atoms with Crippen LogP contribution in [0.5, 0.6) is 0 Å². The van der Waals surface area contributed by atoms with Gasteiger partial charge in [-0.2, -0.15) is 8.42 Å². The van der Waals surface area contributed by atoms with Gasteiger partial charge in [-0.25, -0.2) is 0 Å². The van der Waals surface area contributed by atoms with E-state index in [1.807, 2.05) is 0 Å². The fourth-order valence-corrected chi connectivity index (χ4v) is 3.40. The molecule has 0 saturated heterocycles. The smallest absolute Gasteiger partial charge is 0.286 e. The van der Waals surface area contributed by atoms with Crippen LogP contribution >= 0.6 is 0 Å². The molecule has 0 aliphatic heterocycles. The Bertz CT molecular complexity index is 318. The molecule has 0 unspecified atom stereocenters. The molecular weight excluding hydrogens is 319 g/mol. The van der Waals surface area contributed by atoms with Gasteiger partial charge in [0.15, 0.2) is 0 Å². The van der Waals surface area contributed by atoms with Gasteiger partial charge in [0.05, 0.1) is 5.75 Å². The van der Waals surface area contributed by atoms with Crippen LogP contribution in [-0.4, -0.2) is 18.7 Å². The first-order valence-corrected chi connectivity index (χ1v) is 11.1. The van der Waals surface area contributed by atoms with Crippen LogP contribution in [0.4, 0.5) is 0 Å². The minimum Gasteiger partial charge on any atom is -0.286 e. The zero-order chi connectivity index (χ0) is 16.5. The maximum absolute atomic E-state index is 10.5. The summed E-state index contributed by atoms with van der Waals surface area (Å²) in [4.78, 5) is 0. The van der Waals surface area contributed by atoms with Crippen LogP contribution < -0.4 is 29.6 Å². The van der Waals surface area contributed by atoms with E-state index >= 15 is 0 Å². The summed E-state index contributed by atoms with van der Waals surface area (Å²) in [7, 11) is -3.74. The summed E-state index contributed by atoms with van der Waals surface area (Å²) in [6.45, 7) is 2.26. The molecule has 1 N–H and O–H groups in total. The van der Waals surface area contributed by atoms with Crippen LogP contribution in [0.3, 0.4) is 0 Å². The third-order valence-corrected chi connectivity index (χ3v) is 5.06. The van der Waals surface area contributed by atoms with E-state index < -0.39 is 10.1 Å². The molecular formula is C18H38NaO3S+. The summed E-state index contributed by atoms with van der Waals surface area (Å²) in [5, 5.41) is 0. The second-order valence-electron chi connectivity index (χ2n) is 6.59. The summed E-state index contributed by atoms with van der Waals surface area (Å²) in [6.07, 6.45) is 20.3. The zero-order valence-electron chi connectivity index (χ0n) is 15.7. The number of rotatable bonds is 17. The summed E-state index contributed by atoms with van der Waals surface area (Å²) >= 11 is 0. The number of unbranched alkanes of at least 4 members (excludes halogenated alkanes) is 15. The van der Waals surface area contributed by atoms with Crippen molar-refractivity contribution in [1.29, 1.82) is 0 Å². The molecule has 23 heavy (non-hydrogen) atoms. The fraction of sp³-hybridized carbons (Fsp3) is 1.00. The molecule has 0 aromatic heterocycles. The Morgan fingerprint density at radius 1 is 0.565 bits per heavy atom. The van der Waals surface area contributed by atoms with E-state index in [-0.39, 0.29) is 35.3 Å². The molecule has 0 fully saturated rings. The van der Waals surface area contributed by atoms with E-state index in [1.165, 1.54) is 83.5 Å². The summed E-state index contributed by atoms with van der Waals surface area (Å²) in [5.74, 6) is -0.0779. The molecule has 0 aromatic carbocycles. The second kappa shape index (κ2) is 19.2. The van der Waals surface area contributed by atoms with Gasteiger partial charge in [0.2, 0.25) is 0 Å². The average molecular weight is 358 g/mol.